The fraction of sp³-hybridized carbons (Fsp3) is 0.727. The summed E-state index contributed by atoms with van der Waals surface area (Å²) in [6.45, 7) is 2.21. The van der Waals surface area contributed by atoms with Crippen LogP contribution in [0.3, 0.4) is 0 Å². The van der Waals surface area contributed by atoms with Gasteiger partial charge in [0, 0.05) is 6.08 Å². The highest BCUT2D eigenvalue weighted by atomic mass is 16.5. The highest BCUT2D eigenvalue weighted by Gasteiger charge is 2.33. The lowest BCUT2D eigenvalue weighted by atomic mass is 10.1. The first kappa shape index (κ1) is 10.3. The molecule has 0 unspecified atom stereocenters. The summed E-state index contributed by atoms with van der Waals surface area (Å²) in [5, 5.41) is 0. The first-order valence-corrected chi connectivity index (χ1v) is 5.04. The fourth-order valence-corrected chi connectivity index (χ4v) is 1.58. The van der Waals surface area contributed by atoms with Crippen molar-refractivity contribution < 1.29 is 9.53 Å². The second-order valence-corrected chi connectivity index (χ2v) is 3.68. The molecule has 0 aromatic rings. The second-order valence-electron chi connectivity index (χ2n) is 3.68. The molecule has 1 rings (SSSR count). The number of hydrogen-bond donors (Lipinski definition) is 0. The van der Waals surface area contributed by atoms with Crippen molar-refractivity contribution in [2.45, 2.75) is 32.6 Å². The third kappa shape index (κ3) is 3.62. The average molecular weight is 182 g/mol. The lowest BCUT2D eigenvalue weighted by Crippen LogP contribution is -1.93. The SMILES string of the molecule is CCCC[C@@H]1C[C@H]1/C=C/C(=O)OC. The van der Waals surface area contributed by atoms with Gasteiger partial charge in [0.05, 0.1) is 7.11 Å². The molecule has 74 valence electrons. The van der Waals surface area contributed by atoms with Gasteiger partial charge in [-0.2, -0.15) is 0 Å². The number of unbranched alkanes of at least 4 members (excludes halogenated alkanes) is 1. The summed E-state index contributed by atoms with van der Waals surface area (Å²) in [5.74, 6) is 1.24. The zero-order valence-corrected chi connectivity index (χ0v) is 8.45. The van der Waals surface area contributed by atoms with Gasteiger partial charge >= 0.3 is 5.97 Å². The van der Waals surface area contributed by atoms with Gasteiger partial charge < -0.3 is 4.74 Å². The molecule has 1 aliphatic carbocycles. The molecule has 0 bridgehead atoms. The predicted molar refractivity (Wildman–Crippen MR) is 52.3 cm³/mol. The summed E-state index contributed by atoms with van der Waals surface area (Å²) in [5.41, 5.74) is 0. The van der Waals surface area contributed by atoms with Gasteiger partial charge in [0.2, 0.25) is 0 Å². The molecule has 0 radical (unpaired) electrons. The van der Waals surface area contributed by atoms with E-state index in [0.717, 1.165) is 5.92 Å². The Morgan fingerprint density at radius 2 is 2.38 bits per heavy atom. The Morgan fingerprint density at radius 3 is 3.00 bits per heavy atom. The number of allylic oxidation sites excluding steroid dienone is 1. The molecule has 0 aromatic carbocycles. The van der Waals surface area contributed by atoms with Crippen LogP contribution in [0.4, 0.5) is 0 Å². The summed E-state index contributed by atoms with van der Waals surface area (Å²) in [6.07, 6.45) is 8.69. The maximum absolute atomic E-state index is 10.8. The van der Waals surface area contributed by atoms with Crippen LogP contribution >= 0.6 is 0 Å². The predicted octanol–water partition coefficient (Wildman–Crippen LogP) is 2.54. The van der Waals surface area contributed by atoms with E-state index >= 15 is 0 Å². The Kier molecular flexibility index (Phi) is 4.00. The highest BCUT2D eigenvalue weighted by molar-refractivity contribution is 5.81. The third-order valence-electron chi connectivity index (χ3n) is 2.59. The van der Waals surface area contributed by atoms with E-state index < -0.39 is 0 Å². The van der Waals surface area contributed by atoms with Crippen molar-refractivity contribution in [3.63, 3.8) is 0 Å². The Morgan fingerprint density at radius 1 is 1.62 bits per heavy atom. The van der Waals surface area contributed by atoms with Crippen LogP contribution in [0.1, 0.15) is 32.6 Å². The largest absolute Gasteiger partial charge is 0.466 e. The van der Waals surface area contributed by atoms with Gasteiger partial charge in [-0.1, -0.05) is 25.8 Å². The molecular weight excluding hydrogens is 164 g/mol. The van der Waals surface area contributed by atoms with Crippen LogP contribution in [0.15, 0.2) is 12.2 Å². The topological polar surface area (TPSA) is 26.3 Å². The van der Waals surface area contributed by atoms with Crippen LogP contribution in [-0.2, 0) is 9.53 Å². The minimum absolute atomic E-state index is 0.235. The summed E-state index contributed by atoms with van der Waals surface area (Å²) in [4.78, 5) is 10.8. The molecular formula is C11H18O2. The van der Waals surface area contributed by atoms with E-state index in [0.29, 0.717) is 5.92 Å². The first-order chi connectivity index (χ1) is 6.27. The van der Waals surface area contributed by atoms with Crippen molar-refractivity contribution in [1.82, 2.24) is 0 Å². The van der Waals surface area contributed by atoms with E-state index in [1.807, 2.05) is 6.08 Å². The van der Waals surface area contributed by atoms with Crippen LogP contribution in [-0.4, -0.2) is 13.1 Å². The van der Waals surface area contributed by atoms with Gasteiger partial charge in [0.25, 0.3) is 0 Å². The number of methoxy groups -OCH3 is 1. The number of carbonyl (C=O) groups is 1. The molecule has 0 aromatic heterocycles. The quantitative estimate of drug-likeness (QED) is 0.482. The lowest BCUT2D eigenvalue weighted by Gasteiger charge is -1.93. The lowest BCUT2D eigenvalue weighted by molar-refractivity contribution is -0.134. The zero-order chi connectivity index (χ0) is 9.68. The van der Waals surface area contributed by atoms with E-state index in [-0.39, 0.29) is 5.97 Å². The standard InChI is InChI=1S/C11H18O2/c1-3-4-5-9-8-10(9)6-7-11(12)13-2/h6-7,9-10H,3-5,8H2,1-2H3/b7-6+/t9-,10-/m1/s1. The first-order valence-electron chi connectivity index (χ1n) is 5.04. The molecule has 0 N–H and O–H groups in total. The Labute approximate surface area is 80.0 Å². The van der Waals surface area contributed by atoms with Crippen LogP contribution in [0, 0.1) is 11.8 Å². The number of carbonyl (C=O) groups excluding carboxylic acids is 1. The molecule has 0 amide bonds. The maximum atomic E-state index is 10.8. The normalized spacial score (nSPS) is 26.3. The maximum Gasteiger partial charge on any atom is 0.330 e. The Balaban J connectivity index is 2.13. The molecule has 0 heterocycles. The fourth-order valence-electron chi connectivity index (χ4n) is 1.58. The molecule has 13 heavy (non-hydrogen) atoms. The minimum Gasteiger partial charge on any atom is -0.466 e. The third-order valence-corrected chi connectivity index (χ3v) is 2.59. The summed E-state index contributed by atoms with van der Waals surface area (Å²) in [7, 11) is 1.41. The number of esters is 1. The summed E-state index contributed by atoms with van der Waals surface area (Å²) >= 11 is 0. The van der Waals surface area contributed by atoms with E-state index in [1.165, 1.54) is 32.8 Å². The molecule has 1 fully saturated rings. The van der Waals surface area contributed by atoms with Gasteiger partial charge in [-0.3, -0.25) is 0 Å². The number of ether oxygens (including phenoxy) is 1. The minimum atomic E-state index is -0.235. The molecule has 2 nitrogen and oxygen atoms in total. The van der Waals surface area contributed by atoms with E-state index in [1.54, 1.807) is 6.08 Å². The van der Waals surface area contributed by atoms with Crippen molar-refractivity contribution in [3.05, 3.63) is 12.2 Å². The molecule has 0 spiro atoms. The van der Waals surface area contributed by atoms with E-state index in [4.69, 9.17) is 0 Å². The van der Waals surface area contributed by atoms with Crippen molar-refractivity contribution in [3.8, 4) is 0 Å². The molecule has 1 saturated carbocycles. The summed E-state index contributed by atoms with van der Waals surface area (Å²) < 4.78 is 4.52. The number of hydrogen-bond acceptors (Lipinski definition) is 2. The molecule has 0 saturated heterocycles. The molecule has 1 aliphatic rings. The molecule has 2 atom stereocenters. The number of rotatable bonds is 5. The van der Waals surface area contributed by atoms with Crippen LogP contribution in [0.5, 0.6) is 0 Å². The zero-order valence-electron chi connectivity index (χ0n) is 8.45. The van der Waals surface area contributed by atoms with Crippen molar-refractivity contribution in [1.29, 1.82) is 0 Å². The van der Waals surface area contributed by atoms with Crippen molar-refractivity contribution in [2.75, 3.05) is 7.11 Å². The highest BCUT2D eigenvalue weighted by Crippen LogP contribution is 2.43. The van der Waals surface area contributed by atoms with Gasteiger partial charge in [0.15, 0.2) is 0 Å². The van der Waals surface area contributed by atoms with Crippen molar-refractivity contribution in [2.24, 2.45) is 11.8 Å². The van der Waals surface area contributed by atoms with Crippen LogP contribution < -0.4 is 0 Å². The van der Waals surface area contributed by atoms with E-state index in [9.17, 15) is 4.79 Å². The van der Waals surface area contributed by atoms with Crippen LogP contribution in [0.2, 0.25) is 0 Å². The van der Waals surface area contributed by atoms with Gasteiger partial charge in [-0.15, -0.1) is 0 Å². The van der Waals surface area contributed by atoms with Crippen molar-refractivity contribution >= 4 is 5.97 Å². The van der Waals surface area contributed by atoms with E-state index in [2.05, 4.69) is 11.7 Å². The average Bonchev–Trinajstić information content (AvgIpc) is 2.89. The Hall–Kier alpha value is -0.790. The van der Waals surface area contributed by atoms with Gasteiger partial charge in [-0.05, 0) is 24.7 Å². The van der Waals surface area contributed by atoms with Crippen LogP contribution in [0.25, 0.3) is 0 Å². The van der Waals surface area contributed by atoms with Gasteiger partial charge in [-0.25, -0.2) is 4.79 Å². The molecule has 0 aliphatic heterocycles. The Bertz CT molecular complexity index is 196. The summed E-state index contributed by atoms with van der Waals surface area (Å²) in [6, 6.07) is 0. The monoisotopic (exact) mass is 182 g/mol. The smallest absolute Gasteiger partial charge is 0.330 e. The van der Waals surface area contributed by atoms with Gasteiger partial charge in [0.1, 0.15) is 0 Å². The molecule has 2 heteroatoms. The second kappa shape index (κ2) is 5.05.